The van der Waals surface area contributed by atoms with Gasteiger partial charge in [-0.3, -0.25) is 0 Å². The van der Waals surface area contributed by atoms with E-state index in [1.54, 1.807) is 0 Å². The molecule has 2 fully saturated rings. The zero-order valence-electron chi connectivity index (χ0n) is 19.3. The second kappa shape index (κ2) is 10.8. The fourth-order valence-electron chi connectivity index (χ4n) is 5.67. The minimum atomic E-state index is -5.20. The second-order valence-corrected chi connectivity index (χ2v) is 9.53. The minimum absolute atomic E-state index is 0.0614. The van der Waals surface area contributed by atoms with Gasteiger partial charge >= 0.3 is 12.3 Å². The van der Waals surface area contributed by atoms with Crippen LogP contribution in [0, 0.1) is 29.5 Å². The molecule has 2 aliphatic rings. The molecule has 2 nitrogen and oxygen atoms in total. The molecule has 0 aromatic heterocycles. The number of ether oxygens (including phenoxy) is 2. The molecule has 0 amide bonds. The molecule has 0 radical (unpaired) electrons. The Labute approximate surface area is 192 Å². The van der Waals surface area contributed by atoms with Crippen molar-refractivity contribution in [3.8, 4) is 11.5 Å². The Kier molecular flexibility index (Phi) is 8.49. The Morgan fingerprint density at radius 2 is 1.36 bits per heavy atom. The SMILES string of the molecule is CCCC1CCC(C2CCC(C(F)(F)Oc3ccc(OCC)c(F)c3C(F)(F)F)CC2)CC1. The maximum Gasteiger partial charge on any atom is 0.422 e. The van der Waals surface area contributed by atoms with E-state index in [9.17, 15) is 26.3 Å². The van der Waals surface area contributed by atoms with Crippen LogP contribution in [0.4, 0.5) is 26.3 Å². The summed E-state index contributed by atoms with van der Waals surface area (Å²) >= 11 is 0. The van der Waals surface area contributed by atoms with Crippen molar-refractivity contribution in [2.24, 2.45) is 23.7 Å². The standard InChI is InChI=1S/C25H34F6O2/c1-3-5-16-6-8-17(9-7-16)18-10-12-19(13-11-18)25(30,31)33-20-14-15-21(32-4-2)23(26)22(20)24(27,28)29/h14-19H,3-13H2,1-2H3. The van der Waals surface area contributed by atoms with Crippen molar-refractivity contribution in [2.75, 3.05) is 6.61 Å². The van der Waals surface area contributed by atoms with Crippen molar-refractivity contribution in [3.63, 3.8) is 0 Å². The quantitative estimate of drug-likeness (QED) is 0.347. The number of alkyl halides is 5. The van der Waals surface area contributed by atoms with Gasteiger partial charge in [0, 0.05) is 0 Å². The number of hydrogen-bond donors (Lipinski definition) is 0. The Balaban J connectivity index is 1.64. The first kappa shape index (κ1) is 26.0. The molecule has 0 bridgehead atoms. The molecular formula is C25H34F6O2. The molecule has 2 aliphatic carbocycles. The van der Waals surface area contributed by atoms with Gasteiger partial charge in [-0.1, -0.05) is 32.6 Å². The maximum atomic E-state index is 14.9. The Morgan fingerprint density at radius 3 is 1.88 bits per heavy atom. The highest BCUT2D eigenvalue weighted by atomic mass is 19.4. The molecular weight excluding hydrogens is 446 g/mol. The topological polar surface area (TPSA) is 18.5 Å². The summed E-state index contributed by atoms with van der Waals surface area (Å²) in [5.74, 6) is -3.07. The first-order valence-corrected chi connectivity index (χ1v) is 12.2. The van der Waals surface area contributed by atoms with Crippen LogP contribution in [0.5, 0.6) is 11.5 Å². The smallest absolute Gasteiger partial charge is 0.422 e. The molecule has 2 saturated carbocycles. The molecule has 0 saturated heterocycles. The lowest BCUT2D eigenvalue weighted by Gasteiger charge is -2.39. The van der Waals surface area contributed by atoms with E-state index in [0.717, 1.165) is 24.8 Å². The van der Waals surface area contributed by atoms with Crippen LogP contribution < -0.4 is 9.47 Å². The molecule has 8 heteroatoms. The minimum Gasteiger partial charge on any atom is -0.491 e. The third-order valence-electron chi connectivity index (χ3n) is 7.40. The van der Waals surface area contributed by atoms with E-state index in [4.69, 9.17) is 4.74 Å². The van der Waals surface area contributed by atoms with Crippen LogP contribution in [0.1, 0.15) is 83.6 Å². The lowest BCUT2D eigenvalue weighted by molar-refractivity contribution is -0.227. The van der Waals surface area contributed by atoms with Crippen LogP contribution in [0.2, 0.25) is 0 Å². The van der Waals surface area contributed by atoms with Gasteiger partial charge in [-0.2, -0.15) is 22.0 Å². The molecule has 0 unspecified atom stereocenters. The number of rotatable bonds is 8. The zero-order valence-corrected chi connectivity index (χ0v) is 19.3. The van der Waals surface area contributed by atoms with E-state index >= 15 is 0 Å². The van der Waals surface area contributed by atoms with Gasteiger partial charge in [-0.25, -0.2) is 4.39 Å². The van der Waals surface area contributed by atoms with Gasteiger partial charge in [0.05, 0.1) is 12.5 Å². The third kappa shape index (κ3) is 6.30. The summed E-state index contributed by atoms with van der Waals surface area (Å²) in [7, 11) is 0. The Bertz CT molecular complexity index is 763. The molecule has 3 rings (SSSR count). The lowest BCUT2D eigenvalue weighted by atomic mass is 9.68. The van der Waals surface area contributed by atoms with Crippen LogP contribution in [0.25, 0.3) is 0 Å². The normalized spacial score (nSPS) is 26.8. The van der Waals surface area contributed by atoms with Gasteiger partial charge in [0.25, 0.3) is 0 Å². The van der Waals surface area contributed by atoms with Crippen molar-refractivity contribution >= 4 is 0 Å². The van der Waals surface area contributed by atoms with Crippen molar-refractivity contribution < 1.29 is 35.8 Å². The summed E-state index contributed by atoms with van der Waals surface area (Å²) in [5, 5.41) is 0. The summed E-state index contributed by atoms with van der Waals surface area (Å²) in [6.07, 6.45) is -0.310. The van der Waals surface area contributed by atoms with Gasteiger partial charge in [-0.05, 0) is 75.3 Å². The fourth-order valence-corrected chi connectivity index (χ4v) is 5.67. The highest BCUT2D eigenvalue weighted by molar-refractivity contribution is 5.44. The maximum absolute atomic E-state index is 14.9. The van der Waals surface area contributed by atoms with Crippen molar-refractivity contribution in [3.05, 3.63) is 23.5 Å². The fraction of sp³-hybridized carbons (Fsp3) is 0.760. The van der Waals surface area contributed by atoms with Crippen LogP contribution in [0.3, 0.4) is 0 Å². The first-order chi connectivity index (χ1) is 15.6. The van der Waals surface area contributed by atoms with Crippen molar-refractivity contribution in [1.82, 2.24) is 0 Å². The predicted octanol–water partition coefficient (Wildman–Crippen LogP) is 8.63. The summed E-state index contributed by atoms with van der Waals surface area (Å²) in [6.45, 7) is 3.61. The third-order valence-corrected chi connectivity index (χ3v) is 7.40. The molecule has 1 aromatic rings. The van der Waals surface area contributed by atoms with Crippen LogP contribution in [-0.2, 0) is 6.18 Å². The van der Waals surface area contributed by atoms with Crippen molar-refractivity contribution in [1.29, 1.82) is 0 Å². The van der Waals surface area contributed by atoms with E-state index in [-0.39, 0.29) is 19.4 Å². The summed E-state index contributed by atoms with van der Waals surface area (Å²) in [4.78, 5) is 0. The van der Waals surface area contributed by atoms with E-state index in [2.05, 4.69) is 11.7 Å². The molecule has 1 aromatic carbocycles. The largest absolute Gasteiger partial charge is 0.491 e. The lowest BCUT2D eigenvalue weighted by Crippen LogP contribution is -2.39. The molecule has 33 heavy (non-hydrogen) atoms. The molecule has 0 spiro atoms. The molecule has 0 aliphatic heterocycles. The van der Waals surface area contributed by atoms with E-state index in [1.807, 2.05) is 0 Å². The predicted molar refractivity (Wildman–Crippen MR) is 114 cm³/mol. The van der Waals surface area contributed by atoms with Gasteiger partial charge in [-0.15, -0.1) is 0 Å². The van der Waals surface area contributed by atoms with Gasteiger partial charge < -0.3 is 9.47 Å². The van der Waals surface area contributed by atoms with Crippen LogP contribution in [-0.4, -0.2) is 12.7 Å². The molecule has 0 atom stereocenters. The van der Waals surface area contributed by atoms with Crippen LogP contribution >= 0.6 is 0 Å². The van der Waals surface area contributed by atoms with E-state index in [0.29, 0.717) is 30.7 Å². The monoisotopic (exact) mass is 480 g/mol. The van der Waals surface area contributed by atoms with E-state index in [1.165, 1.54) is 32.6 Å². The summed E-state index contributed by atoms with van der Waals surface area (Å²) in [6, 6.07) is 1.61. The Morgan fingerprint density at radius 1 is 0.818 bits per heavy atom. The second-order valence-electron chi connectivity index (χ2n) is 9.53. The first-order valence-electron chi connectivity index (χ1n) is 12.2. The summed E-state index contributed by atoms with van der Waals surface area (Å²) in [5.41, 5.74) is -1.86. The van der Waals surface area contributed by atoms with Gasteiger partial charge in [0.15, 0.2) is 11.6 Å². The number of hydrogen-bond acceptors (Lipinski definition) is 2. The van der Waals surface area contributed by atoms with E-state index < -0.39 is 41.1 Å². The van der Waals surface area contributed by atoms with Crippen LogP contribution in [0.15, 0.2) is 12.1 Å². The average Bonchev–Trinajstić information content (AvgIpc) is 2.75. The molecule has 188 valence electrons. The number of benzene rings is 1. The Hall–Kier alpha value is -1.60. The highest BCUT2D eigenvalue weighted by Gasteiger charge is 2.48. The highest BCUT2D eigenvalue weighted by Crippen LogP contribution is 2.48. The molecule has 0 N–H and O–H groups in total. The van der Waals surface area contributed by atoms with Crippen molar-refractivity contribution in [2.45, 2.75) is 90.3 Å². The average molecular weight is 481 g/mol. The zero-order chi connectivity index (χ0) is 24.2. The van der Waals surface area contributed by atoms with Gasteiger partial charge in [0.1, 0.15) is 11.3 Å². The van der Waals surface area contributed by atoms with Gasteiger partial charge in [0.2, 0.25) is 0 Å². The molecule has 0 heterocycles. The summed E-state index contributed by atoms with van der Waals surface area (Å²) < 4.78 is 94.0. The number of halogens is 6.